The summed E-state index contributed by atoms with van der Waals surface area (Å²) in [6, 6.07) is 3.84. The average molecular weight is 465 g/mol. The third kappa shape index (κ3) is 4.44. The largest absolute Gasteiger partial charge is 0.361 e. The van der Waals surface area contributed by atoms with Crippen molar-refractivity contribution in [3.63, 3.8) is 0 Å². The quantitative estimate of drug-likeness (QED) is 0.295. The Labute approximate surface area is 193 Å². The van der Waals surface area contributed by atoms with Gasteiger partial charge >= 0.3 is 0 Å². The van der Waals surface area contributed by atoms with Gasteiger partial charge < -0.3 is 14.8 Å². The SMILES string of the molecule is CSOOc1c(OF)ccc2[nH]cc(C(C)CC(=O)N3C4CC(C)CC3CC(C)(C)C4)c12. The van der Waals surface area contributed by atoms with Gasteiger partial charge in [-0.05, 0) is 60.6 Å². The second-order valence-electron chi connectivity index (χ2n) is 10.3. The van der Waals surface area contributed by atoms with E-state index in [-0.39, 0.29) is 28.7 Å². The number of halogens is 1. The number of aromatic nitrogens is 1. The number of nitrogens with zero attached hydrogens (tertiary/aromatic N) is 1. The zero-order chi connectivity index (χ0) is 23.0. The van der Waals surface area contributed by atoms with E-state index in [0.717, 1.165) is 48.8 Å². The monoisotopic (exact) mass is 464 g/mol. The summed E-state index contributed by atoms with van der Waals surface area (Å²) in [5.74, 6) is 0.875. The van der Waals surface area contributed by atoms with Gasteiger partial charge in [0.2, 0.25) is 17.4 Å². The molecule has 1 N–H and O–H groups in total. The van der Waals surface area contributed by atoms with Crippen molar-refractivity contribution < 1.29 is 23.5 Å². The van der Waals surface area contributed by atoms with Crippen LogP contribution < -0.4 is 9.83 Å². The van der Waals surface area contributed by atoms with Crippen molar-refractivity contribution in [1.82, 2.24) is 9.88 Å². The molecule has 0 radical (unpaired) electrons. The van der Waals surface area contributed by atoms with E-state index in [9.17, 15) is 9.32 Å². The smallest absolute Gasteiger partial charge is 0.223 e. The standard InChI is InChI=1S/C24H33FN2O4S/c1-14-8-16-11-24(3,4)12-17(9-14)27(16)21(28)10-15(2)18-13-26-19-6-7-20(29-25)23(22(18)19)30-31-32-5/h6-7,13-17,26H,8-12H2,1-5H3. The van der Waals surface area contributed by atoms with Gasteiger partial charge in [0.25, 0.3) is 0 Å². The summed E-state index contributed by atoms with van der Waals surface area (Å²) in [6.07, 6.45) is 8.22. The fraction of sp³-hybridized carbons (Fsp3) is 0.625. The zero-order valence-corrected chi connectivity index (χ0v) is 20.3. The molecule has 6 nitrogen and oxygen atoms in total. The highest BCUT2D eigenvalue weighted by atomic mass is 32.2. The fourth-order valence-corrected chi connectivity index (χ4v) is 6.09. The van der Waals surface area contributed by atoms with Crippen LogP contribution in [-0.4, -0.2) is 34.1 Å². The number of H-pyrrole nitrogens is 1. The van der Waals surface area contributed by atoms with E-state index < -0.39 is 0 Å². The minimum atomic E-state index is -0.0872. The van der Waals surface area contributed by atoms with Gasteiger partial charge in [-0.25, -0.2) is 0 Å². The molecule has 0 aliphatic carbocycles. The van der Waals surface area contributed by atoms with Crippen LogP contribution >= 0.6 is 12.0 Å². The molecule has 2 fully saturated rings. The van der Waals surface area contributed by atoms with E-state index in [2.05, 4.69) is 35.6 Å². The van der Waals surface area contributed by atoms with Gasteiger partial charge in [-0.3, -0.25) is 9.74 Å². The number of benzene rings is 1. The van der Waals surface area contributed by atoms with E-state index in [0.29, 0.717) is 29.8 Å². The lowest BCUT2D eigenvalue weighted by molar-refractivity contribution is -0.146. The molecule has 32 heavy (non-hydrogen) atoms. The Hall–Kier alpha value is -1.93. The average Bonchev–Trinajstić information content (AvgIpc) is 3.14. The fourth-order valence-electron chi connectivity index (χ4n) is 5.96. The van der Waals surface area contributed by atoms with Crippen LogP contribution in [0, 0.1) is 11.3 Å². The molecule has 2 saturated heterocycles. The van der Waals surface area contributed by atoms with E-state index >= 15 is 0 Å². The molecule has 1 amide bonds. The molecule has 0 saturated carbocycles. The molecule has 2 aromatic rings. The third-order valence-corrected chi connectivity index (χ3v) is 7.28. The van der Waals surface area contributed by atoms with Crippen LogP contribution in [0.5, 0.6) is 11.5 Å². The van der Waals surface area contributed by atoms with Crippen molar-refractivity contribution in [2.75, 3.05) is 6.26 Å². The van der Waals surface area contributed by atoms with Crippen molar-refractivity contribution in [2.45, 2.75) is 77.8 Å². The summed E-state index contributed by atoms with van der Waals surface area (Å²) in [4.78, 5) is 28.3. The Balaban J connectivity index is 1.59. The number of amides is 1. The maximum Gasteiger partial charge on any atom is 0.223 e. The van der Waals surface area contributed by atoms with Crippen LogP contribution in [0.4, 0.5) is 4.53 Å². The summed E-state index contributed by atoms with van der Waals surface area (Å²) in [5, 5.41) is 0.670. The summed E-state index contributed by atoms with van der Waals surface area (Å²) in [7, 11) is 0. The Morgan fingerprint density at radius 2 is 2.00 bits per heavy atom. The second kappa shape index (κ2) is 9.14. The molecule has 1 aromatic heterocycles. The highest BCUT2D eigenvalue weighted by Gasteiger charge is 2.45. The summed E-state index contributed by atoms with van der Waals surface area (Å²) in [5.41, 5.74) is 1.93. The van der Waals surface area contributed by atoms with E-state index in [4.69, 9.17) is 9.22 Å². The van der Waals surface area contributed by atoms with Gasteiger partial charge in [0.05, 0.1) is 5.39 Å². The number of carbonyl (C=O) groups excluding carboxylic acids is 1. The number of nitrogens with one attached hydrogen (secondary N) is 1. The third-order valence-electron chi connectivity index (χ3n) is 7.07. The first-order chi connectivity index (χ1) is 15.2. The predicted molar refractivity (Wildman–Crippen MR) is 124 cm³/mol. The zero-order valence-electron chi connectivity index (χ0n) is 19.4. The minimum Gasteiger partial charge on any atom is -0.361 e. The summed E-state index contributed by atoms with van der Waals surface area (Å²) in [6.45, 7) is 8.97. The first-order valence-corrected chi connectivity index (χ1v) is 12.5. The first kappa shape index (κ1) is 23.2. The van der Waals surface area contributed by atoms with Crippen LogP contribution in [-0.2, 0) is 9.13 Å². The maximum absolute atomic E-state index is 13.5. The Morgan fingerprint density at radius 1 is 1.31 bits per heavy atom. The van der Waals surface area contributed by atoms with Crippen LogP contribution in [0.25, 0.3) is 10.9 Å². The minimum absolute atomic E-state index is 0.0623. The molecule has 4 rings (SSSR count). The predicted octanol–water partition coefficient (Wildman–Crippen LogP) is 6.33. The first-order valence-electron chi connectivity index (χ1n) is 11.3. The number of rotatable bonds is 7. The Morgan fingerprint density at radius 3 is 2.62 bits per heavy atom. The highest BCUT2D eigenvalue weighted by molar-refractivity contribution is 7.93. The second-order valence-corrected chi connectivity index (χ2v) is 10.8. The number of aromatic amines is 1. The molecular weight excluding hydrogens is 431 g/mol. The van der Waals surface area contributed by atoms with Crippen molar-refractivity contribution in [1.29, 1.82) is 0 Å². The molecule has 0 spiro atoms. The lowest BCUT2D eigenvalue weighted by Gasteiger charge is -2.53. The molecule has 3 atom stereocenters. The Kier molecular flexibility index (Phi) is 6.63. The highest BCUT2D eigenvalue weighted by Crippen LogP contribution is 2.46. The molecule has 8 heteroatoms. The van der Waals surface area contributed by atoms with E-state index in [1.165, 1.54) is 6.07 Å². The van der Waals surface area contributed by atoms with Gasteiger partial charge in [-0.15, -0.1) is 4.33 Å². The van der Waals surface area contributed by atoms with Gasteiger partial charge in [-0.2, -0.15) is 0 Å². The molecule has 2 aliphatic rings. The molecular formula is C24H33FN2O4S. The van der Waals surface area contributed by atoms with Crippen LogP contribution in [0.3, 0.4) is 0 Å². The number of hydrogen-bond acceptors (Lipinski definition) is 5. The lowest BCUT2D eigenvalue weighted by atomic mass is 9.68. The topological polar surface area (TPSA) is 63.8 Å². The number of fused-ring (bicyclic) bond motifs is 3. The molecule has 176 valence electrons. The van der Waals surface area contributed by atoms with Gasteiger partial charge in [0, 0.05) is 53.0 Å². The maximum atomic E-state index is 13.5. The molecule has 3 heterocycles. The Bertz CT molecular complexity index is 960. The van der Waals surface area contributed by atoms with Crippen LogP contribution in [0.1, 0.15) is 71.3 Å². The number of carbonyl (C=O) groups is 1. The number of piperidine rings is 2. The molecule has 3 unspecified atom stereocenters. The molecule has 2 aliphatic heterocycles. The van der Waals surface area contributed by atoms with Crippen molar-refractivity contribution >= 4 is 28.9 Å². The van der Waals surface area contributed by atoms with E-state index in [1.807, 2.05) is 13.1 Å². The normalized spacial score (nSPS) is 25.6. The molecule has 1 aromatic carbocycles. The lowest BCUT2D eigenvalue weighted by Crippen LogP contribution is -2.58. The van der Waals surface area contributed by atoms with Crippen LogP contribution in [0.15, 0.2) is 18.3 Å². The van der Waals surface area contributed by atoms with Crippen LogP contribution in [0.2, 0.25) is 0 Å². The summed E-state index contributed by atoms with van der Waals surface area (Å²) >= 11 is 1.01. The van der Waals surface area contributed by atoms with Gasteiger partial charge in [-0.1, -0.05) is 27.7 Å². The number of hydrogen-bond donors (Lipinski definition) is 1. The molecule has 2 bridgehead atoms. The van der Waals surface area contributed by atoms with Gasteiger partial charge in [0.15, 0.2) is 0 Å². The van der Waals surface area contributed by atoms with Crippen molar-refractivity contribution in [3.05, 3.63) is 23.9 Å². The summed E-state index contributed by atoms with van der Waals surface area (Å²) < 4.78 is 18.2. The van der Waals surface area contributed by atoms with E-state index in [1.54, 1.807) is 12.3 Å². The van der Waals surface area contributed by atoms with Gasteiger partial charge in [0.1, 0.15) is 0 Å². The van der Waals surface area contributed by atoms with Crippen molar-refractivity contribution in [2.24, 2.45) is 11.3 Å². The van der Waals surface area contributed by atoms with Crippen molar-refractivity contribution in [3.8, 4) is 11.5 Å².